The molecule has 17 N–H and O–H groups in total. The molecule has 1 atom stereocenters. The van der Waals surface area contributed by atoms with Gasteiger partial charge in [0.15, 0.2) is 9.84 Å². The summed E-state index contributed by atoms with van der Waals surface area (Å²) in [5.41, 5.74) is 44.1. The molecule has 7 aromatic rings. The molecule has 0 saturated heterocycles. The van der Waals surface area contributed by atoms with Crippen LogP contribution in [0.2, 0.25) is 20.1 Å². The Balaban J connectivity index is 0.000000463. The molecule has 7 rings (SSSR count). The van der Waals surface area contributed by atoms with Gasteiger partial charge in [-0.05, 0) is 134 Å². The summed E-state index contributed by atoms with van der Waals surface area (Å²) in [6.07, 6.45) is 1.15. The lowest BCUT2D eigenvalue weighted by molar-refractivity contribution is 0.0693. The number of anilines is 7. The number of phenols is 1. The maximum atomic E-state index is 12.5. The van der Waals surface area contributed by atoms with Crippen molar-refractivity contribution >= 4 is 112 Å². The van der Waals surface area contributed by atoms with E-state index in [9.17, 15) is 26.0 Å². The third-order valence-electron chi connectivity index (χ3n) is 10.4. The molecular formula is C54H60Cl4FN9O9S2. The van der Waals surface area contributed by atoms with E-state index in [1.165, 1.54) is 61.2 Å². The first-order chi connectivity index (χ1) is 36.8. The summed E-state index contributed by atoms with van der Waals surface area (Å²) in [5, 5.41) is 36.2. The summed E-state index contributed by atoms with van der Waals surface area (Å²) in [4.78, 5) is 10.5. The second kappa shape index (κ2) is 32.8. The lowest BCUT2D eigenvalue weighted by Gasteiger charge is -2.10. The molecule has 0 aromatic heterocycles. The van der Waals surface area contributed by atoms with Crippen LogP contribution in [0.1, 0.15) is 71.3 Å². The molecule has 0 fully saturated rings. The minimum atomic E-state index is -4.26. The van der Waals surface area contributed by atoms with E-state index in [1.807, 2.05) is 37.3 Å². The first-order valence-corrected chi connectivity index (χ1v) is 27.4. The number of phenolic OH excluding ortho intramolecular Hbond substituents is 1. The van der Waals surface area contributed by atoms with Gasteiger partial charge in [0.1, 0.15) is 39.9 Å². The fourth-order valence-corrected chi connectivity index (χ4v) is 8.11. The average Bonchev–Trinajstić information content (AvgIpc) is 3.39. The Hall–Kier alpha value is -7.86. The Kier molecular flexibility index (Phi) is 28.7. The maximum Gasteiger partial charge on any atom is 0.339 e. The molecule has 18 nitrogen and oxygen atoms in total. The second-order valence-electron chi connectivity index (χ2n) is 16.3. The highest BCUT2D eigenvalue weighted by Gasteiger charge is 2.16. The minimum Gasteiger partial charge on any atom is -0.506 e. The third kappa shape index (κ3) is 23.3. The van der Waals surface area contributed by atoms with Crippen molar-refractivity contribution in [3.05, 3.63) is 181 Å². The van der Waals surface area contributed by atoms with Gasteiger partial charge >= 0.3 is 5.97 Å². The number of rotatable bonds is 7. The van der Waals surface area contributed by atoms with E-state index in [2.05, 4.69) is 19.9 Å². The molecule has 0 aliphatic heterocycles. The van der Waals surface area contributed by atoms with Crippen molar-refractivity contribution in [1.29, 1.82) is 10.5 Å². The quantitative estimate of drug-likeness (QED) is 0.0402. The van der Waals surface area contributed by atoms with E-state index in [-0.39, 0.29) is 60.5 Å². The minimum absolute atomic E-state index is 0.00157. The fraction of sp³-hybridized carbons (Fsp3) is 0.167. The fourth-order valence-electron chi connectivity index (χ4n) is 5.76. The Morgan fingerprint density at radius 1 is 0.671 bits per heavy atom. The molecule has 0 bridgehead atoms. The molecule has 0 radical (unpaired) electrons. The van der Waals surface area contributed by atoms with E-state index in [0.717, 1.165) is 17.7 Å². The van der Waals surface area contributed by atoms with Crippen LogP contribution in [0.5, 0.6) is 11.5 Å². The number of nitriles is 2. The highest BCUT2D eigenvalue weighted by atomic mass is 35.5. The van der Waals surface area contributed by atoms with Crippen LogP contribution in [0.25, 0.3) is 0 Å². The van der Waals surface area contributed by atoms with Gasteiger partial charge in [0.2, 0.25) is 0 Å². The number of sulfone groups is 1. The number of nitrogens with zero attached hydrogens (tertiary/aromatic N) is 2. The lowest BCUT2D eigenvalue weighted by atomic mass is 9.97. The van der Waals surface area contributed by atoms with E-state index < -0.39 is 25.9 Å². The number of benzene rings is 7. The smallest absolute Gasteiger partial charge is 0.339 e. The molecular weight excluding hydrogens is 1140 g/mol. The first kappa shape index (κ1) is 69.2. The zero-order valence-electron chi connectivity index (χ0n) is 43.5. The SMILES string of the molecule is CCC(C)c1ccccc1N.CCS(=O)(=O)c1ccc(O)c(N)c1.COc1cc(N)c(Cl)cc1C(=O)O.Cc1cc(S(=O)(=O)O)c(N)cc1Cl.Cc1ccc(N)c(F)c1.N#Cc1ccc(Cl)cc1N.N#Cc1ccc(N)cc1Cl. The van der Waals surface area contributed by atoms with Crippen LogP contribution in [-0.2, 0) is 20.0 Å². The molecule has 1 unspecified atom stereocenters. The molecule has 0 heterocycles. The third-order valence-corrected chi connectivity index (χ3v) is 14.3. The van der Waals surface area contributed by atoms with Gasteiger partial charge in [0.25, 0.3) is 10.1 Å². The number of para-hydroxylation sites is 1. The van der Waals surface area contributed by atoms with Gasteiger partial charge < -0.3 is 55.1 Å². The van der Waals surface area contributed by atoms with Crippen molar-refractivity contribution in [3.63, 3.8) is 0 Å². The van der Waals surface area contributed by atoms with Crippen LogP contribution in [0.15, 0.2) is 131 Å². The van der Waals surface area contributed by atoms with Crippen molar-refractivity contribution in [3.8, 4) is 23.6 Å². The van der Waals surface area contributed by atoms with Crippen molar-refractivity contribution < 1.29 is 45.5 Å². The number of methoxy groups -OCH3 is 1. The topological polar surface area (TPSA) is 385 Å². The first-order valence-electron chi connectivity index (χ1n) is 22.8. The molecule has 0 aliphatic rings. The maximum absolute atomic E-state index is 12.5. The van der Waals surface area contributed by atoms with Crippen molar-refractivity contribution in [2.24, 2.45) is 0 Å². The molecule has 422 valence electrons. The van der Waals surface area contributed by atoms with Gasteiger partial charge in [-0.2, -0.15) is 18.9 Å². The van der Waals surface area contributed by atoms with Gasteiger partial charge in [-0.1, -0.05) is 91.4 Å². The summed E-state index contributed by atoms with van der Waals surface area (Å²) in [6, 6.07) is 35.3. The number of nitrogens with two attached hydrogens (primary N) is 7. The van der Waals surface area contributed by atoms with Crippen LogP contribution in [-0.4, -0.2) is 50.4 Å². The number of carboxylic acid groups (broad SMARTS) is 1. The number of hydrogen-bond donors (Lipinski definition) is 10. The molecule has 7 aromatic carbocycles. The number of aromatic hydroxyl groups is 1. The number of hydrogen-bond acceptors (Lipinski definition) is 16. The van der Waals surface area contributed by atoms with Gasteiger partial charge in [-0.3, -0.25) is 4.55 Å². The van der Waals surface area contributed by atoms with E-state index in [1.54, 1.807) is 62.4 Å². The number of aromatic carboxylic acids is 1. The lowest BCUT2D eigenvalue weighted by Crippen LogP contribution is -2.04. The normalized spacial score (nSPS) is 10.5. The zero-order chi connectivity index (χ0) is 60.5. The molecule has 0 spiro atoms. The van der Waals surface area contributed by atoms with E-state index in [4.69, 9.17) is 117 Å². The summed E-state index contributed by atoms with van der Waals surface area (Å²) in [6.45, 7) is 9.38. The number of carboxylic acids is 1. The number of nitrogen functional groups attached to an aromatic ring is 7. The predicted molar refractivity (Wildman–Crippen MR) is 316 cm³/mol. The van der Waals surface area contributed by atoms with Gasteiger partial charge in [-0.25, -0.2) is 17.6 Å². The van der Waals surface area contributed by atoms with Crippen LogP contribution < -0.4 is 44.9 Å². The van der Waals surface area contributed by atoms with Crippen LogP contribution in [0, 0.1) is 42.3 Å². The molecule has 0 saturated carbocycles. The van der Waals surface area contributed by atoms with Gasteiger partial charge in [0, 0.05) is 27.5 Å². The number of ether oxygens (including phenoxy) is 1. The van der Waals surface area contributed by atoms with Crippen LogP contribution >= 0.6 is 46.4 Å². The number of carbonyl (C=O) groups is 1. The predicted octanol–water partition coefficient (Wildman–Crippen LogP) is 12.0. The van der Waals surface area contributed by atoms with Gasteiger partial charge in [-0.15, -0.1) is 0 Å². The highest BCUT2D eigenvalue weighted by Crippen LogP contribution is 2.30. The van der Waals surface area contributed by atoms with Crippen LogP contribution in [0.4, 0.5) is 44.2 Å². The Bertz CT molecular complexity index is 3470. The Morgan fingerprint density at radius 3 is 1.76 bits per heavy atom. The summed E-state index contributed by atoms with van der Waals surface area (Å²) in [7, 11) is -6.11. The summed E-state index contributed by atoms with van der Waals surface area (Å²) in [5.74, 6) is -0.730. The standard InChI is InChI=1S/C10H15N.C8H8ClNO3.C8H11NO3S.2C7H5ClN2.C7H8ClNO3S.C7H8FN/c1-3-8(2)9-6-4-5-7-10(9)11;1-13-7-3-6(10)5(9)2-4(7)8(11)12;1-2-13(11,12)6-3-4-8(10)7(9)5-6;8-7-3-6(10)2-1-5(7)4-9;8-6-2-1-5(4-9)7(10)3-6;1-4-2-7(13(10,11)12)6(9)3-5(4)8;1-5-2-3-7(9)6(8)4-5/h4-8H,3,11H2,1-2H3;2-3H,10H2,1H3,(H,11,12);3-5,10H,2,9H2,1H3;2*1-3H,10H2;2-3H,9H2,1H3,(H,10,11,12);2-4H,9H2,1H3. The summed E-state index contributed by atoms with van der Waals surface area (Å²) < 4.78 is 70.2. The number of halogens is 5. The number of aryl methyl sites for hydroxylation is 2. The molecule has 25 heteroatoms. The largest absolute Gasteiger partial charge is 0.506 e. The Morgan fingerprint density at radius 2 is 1.28 bits per heavy atom. The van der Waals surface area contributed by atoms with Gasteiger partial charge in [0.05, 0.1) is 67.4 Å². The van der Waals surface area contributed by atoms with E-state index in [0.29, 0.717) is 54.7 Å². The molecule has 79 heavy (non-hydrogen) atoms. The van der Waals surface area contributed by atoms with Crippen LogP contribution in [0.3, 0.4) is 0 Å². The van der Waals surface area contributed by atoms with Crippen molar-refractivity contribution in [2.75, 3.05) is 53.0 Å². The zero-order valence-corrected chi connectivity index (χ0v) is 48.1. The second-order valence-corrected chi connectivity index (χ2v) is 21.6. The van der Waals surface area contributed by atoms with Crippen molar-refractivity contribution in [2.45, 2.75) is 56.7 Å². The average molecular weight is 1200 g/mol. The molecule has 0 amide bonds. The van der Waals surface area contributed by atoms with E-state index >= 15 is 0 Å². The monoisotopic (exact) mass is 1200 g/mol. The highest BCUT2D eigenvalue weighted by molar-refractivity contribution is 7.91. The van der Waals surface area contributed by atoms with Crippen molar-refractivity contribution in [1.82, 2.24) is 0 Å². The summed E-state index contributed by atoms with van der Waals surface area (Å²) >= 11 is 22.5. The Labute approximate surface area is 479 Å². The molecule has 0 aliphatic carbocycles.